The third-order valence-corrected chi connectivity index (χ3v) is 3.47. The molecular weight excluding hydrogens is 304 g/mol. The molecule has 1 unspecified atom stereocenters. The average molecular weight is 319 g/mol. The maximum atomic E-state index is 11.3. The van der Waals surface area contributed by atoms with E-state index in [1.54, 1.807) is 0 Å². The van der Waals surface area contributed by atoms with Crippen molar-refractivity contribution in [1.82, 2.24) is 0 Å². The number of alkyl halides is 1. The van der Waals surface area contributed by atoms with Gasteiger partial charge >= 0.3 is 5.97 Å². The normalized spacial score (nSPS) is 11.9. The summed E-state index contributed by atoms with van der Waals surface area (Å²) in [6, 6.07) is 17.8. The van der Waals surface area contributed by atoms with Crippen molar-refractivity contribution in [3.05, 3.63) is 71.3 Å². The van der Waals surface area contributed by atoms with Crippen LogP contribution in [-0.4, -0.2) is 5.97 Å². The number of ether oxygens (including phenoxy) is 1. The van der Waals surface area contributed by atoms with Crippen molar-refractivity contribution >= 4 is 21.9 Å². The van der Waals surface area contributed by atoms with Gasteiger partial charge in [-0.15, -0.1) is 0 Å². The largest absolute Gasteiger partial charge is 0.453 e. The van der Waals surface area contributed by atoms with E-state index >= 15 is 0 Å². The molecule has 1 atom stereocenters. The molecule has 0 aromatic heterocycles. The quantitative estimate of drug-likeness (QED) is 0.622. The van der Waals surface area contributed by atoms with Crippen molar-refractivity contribution in [2.24, 2.45) is 0 Å². The van der Waals surface area contributed by atoms with Gasteiger partial charge in [-0.25, -0.2) is 0 Å². The van der Waals surface area contributed by atoms with E-state index in [4.69, 9.17) is 4.74 Å². The zero-order valence-electron chi connectivity index (χ0n) is 10.7. The second kappa shape index (κ2) is 6.53. The fourth-order valence-corrected chi connectivity index (χ4v) is 2.28. The van der Waals surface area contributed by atoms with Gasteiger partial charge in [-0.1, -0.05) is 70.5 Å². The molecule has 2 aromatic carbocycles. The molecule has 0 spiro atoms. The van der Waals surface area contributed by atoms with E-state index < -0.39 is 0 Å². The van der Waals surface area contributed by atoms with Crippen LogP contribution in [0.15, 0.2) is 54.6 Å². The third kappa shape index (κ3) is 3.67. The lowest BCUT2D eigenvalue weighted by atomic mass is 10.0. The van der Waals surface area contributed by atoms with Gasteiger partial charge in [0, 0.05) is 12.3 Å². The predicted octanol–water partition coefficient (Wildman–Crippen LogP) is 4.23. The summed E-state index contributed by atoms with van der Waals surface area (Å²) in [5.41, 5.74) is 3.15. The molecule has 0 aliphatic heterocycles. The van der Waals surface area contributed by atoms with Gasteiger partial charge in [0.25, 0.3) is 0 Å². The Hall–Kier alpha value is -1.61. The van der Waals surface area contributed by atoms with Crippen LogP contribution in [0.4, 0.5) is 0 Å². The number of hydrogen-bond donors (Lipinski definition) is 0. The molecule has 0 radical (unpaired) electrons. The van der Waals surface area contributed by atoms with Gasteiger partial charge in [0.2, 0.25) is 0 Å². The van der Waals surface area contributed by atoms with Crippen LogP contribution in [-0.2, 0) is 14.9 Å². The Labute approximate surface area is 121 Å². The van der Waals surface area contributed by atoms with Gasteiger partial charge in [0.1, 0.15) is 0 Å². The Morgan fingerprint density at radius 3 is 2.16 bits per heavy atom. The zero-order chi connectivity index (χ0) is 13.7. The molecule has 3 heteroatoms. The van der Waals surface area contributed by atoms with Gasteiger partial charge in [0.05, 0.1) is 0 Å². The van der Waals surface area contributed by atoms with Gasteiger partial charge in [-0.05, 0) is 16.7 Å². The number of hydrogen-bond acceptors (Lipinski definition) is 2. The van der Waals surface area contributed by atoms with Crippen LogP contribution in [0.3, 0.4) is 0 Å². The van der Waals surface area contributed by atoms with E-state index in [-0.39, 0.29) is 12.1 Å². The third-order valence-electron chi connectivity index (χ3n) is 2.82. The van der Waals surface area contributed by atoms with Crippen molar-refractivity contribution in [1.29, 1.82) is 0 Å². The Balaban J connectivity index is 2.34. The number of rotatable bonds is 4. The monoisotopic (exact) mass is 318 g/mol. The molecule has 0 amide bonds. The van der Waals surface area contributed by atoms with E-state index in [2.05, 4.69) is 15.9 Å². The summed E-state index contributed by atoms with van der Waals surface area (Å²) in [6.45, 7) is 1.43. The molecule has 98 valence electrons. The van der Waals surface area contributed by atoms with E-state index in [1.165, 1.54) is 12.5 Å². The lowest BCUT2D eigenvalue weighted by Gasteiger charge is -2.18. The minimum Gasteiger partial charge on any atom is -0.453 e. The average Bonchev–Trinajstić information content (AvgIpc) is 2.46. The lowest BCUT2D eigenvalue weighted by Crippen LogP contribution is -2.10. The van der Waals surface area contributed by atoms with E-state index in [0.717, 1.165) is 16.5 Å². The predicted molar refractivity (Wildman–Crippen MR) is 79.1 cm³/mol. The molecule has 0 heterocycles. The molecule has 0 saturated carbocycles. The molecule has 2 nitrogen and oxygen atoms in total. The first-order chi connectivity index (χ1) is 9.20. The van der Waals surface area contributed by atoms with Gasteiger partial charge in [-0.3, -0.25) is 4.79 Å². The highest BCUT2D eigenvalue weighted by molar-refractivity contribution is 9.08. The molecule has 0 saturated heterocycles. The number of carbonyl (C=O) groups is 1. The van der Waals surface area contributed by atoms with Crippen molar-refractivity contribution in [3.8, 4) is 0 Å². The van der Waals surface area contributed by atoms with Gasteiger partial charge in [-0.2, -0.15) is 0 Å². The first-order valence-corrected chi connectivity index (χ1v) is 7.20. The fourth-order valence-electron chi connectivity index (χ4n) is 1.90. The molecule has 2 rings (SSSR count). The van der Waals surface area contributed by atoms with E-state index in [9.17, 15) is 4.79 Å². The Bertz CT molecular complexity index is 534. The van der Waals surface area contributed by atoms with Crippen LogP contribution in [0.5, 0.6) is 0 Å². The Kier molecular flexibility index (Phi) is 4.74. The van der Waals surface area contributed by atoms with Crippen LogP contribution in [0, 0.1) is 0 Å². The van der Waals surface area contributed by atoms with Crippen LogP contribution in [0.1, 0.15) is 29.7 Å². The smallest absolute Gasteiger partial charge is 0.303 e. The first-order valence-electron chi connectivity index (χ1n) is 6.07. The highest BCUT2D eigenvalue weighted by atomic mass is 79.9. The summed E-state index contributed by atoms with van der Waals surface area (Å²) in [7, 11) is 0. The van der Waals surface area contributed by atoms with E-state index in [1.807, 2.05) is 54.6 Å². The number of esters is 1. The molecule has 0 aliphatic carbocycles. The molecule has 0 N–H and O–H groups in total. The van der Waals surface area contributed by atoms with Crippen molar-refractivity contribution in [2.75, 3.05) is 0 Å². The fraction of sp³-hybridized carbons (Fsp3) is 0.188. The molecule has 19 heavy (non-hydrogen) atoms. The summed E-state index contributed by atoms with van der Waals surface area (Å²) < 4.78 is 5.45. The maximum absolute atomic E-state index is 11.3. The SMILES string of the molecule is CC(=O)OC(c1ccccc1)c1ccc(CBr)cc1. The van der Waals surface area contributed by atoms with E-state index in [0.29, 0.717) is 0 Å². The van der Waals surface area contributed by atoms with Gasteiger partial charge < -0.3 is 4.74 Å². The molecule has 2 aromatic rings. The number of benzene rings is 2. The molecule has 0 fully saturated rings. The minimum atomic E-state index is -0.344. The number of carbonyl (C=O) groups excluding carboxylic acids is 1. The highest BCUT2D eigenvalue weighted by Gasteiger charge is 2.16. The summed E-state index contributed by atoms with van der Waals surface area (Å²) in [6.07, 6.45) is -0.344. The van der Waals surface area contributed by atoms with Crippen LogP contribution in [0.2, 0.25) is 0 Å². The second-order valence-corrected chi connectivity index (χ2v) is 4.84. The van der Waals surface area contributed by atoms with Crippen molar-refractivity contribution in [3.63, 3.8) is 0 Å². The van der Waals surface area contributed by atoms with Crippen molar-refractivity contribution < 1.29 is 9.53 Å². The van der Waals surface area contributed by atoms with Gasteiger partial charge in [0.15, 0.2) is 6.10 Å². The standard InChI is InChI=1S/C16H15BrO2/c1-12(18)19-16(14-5-3-2-4-6-14)15-9-7-13(11-17)8-10-15/h2-10,16H,11H2,1H3. The summed E-state index contributed by atoms with van der Waals surface area (Å²) in [5, 5.41) is 0.816. The summed E-state index contributed by atoms with van der Waals surface area (Å²) >= 11 is 3.42. The summed E-state index contributed by atoms with van der Waals surface area (Å²) in [4.78, 5) is 11.3. The topological polar surface area (TPSA) is 26.3 Å². The lowest BCUT2D eigenvalue weighted by molar-refractivity contribution is -0.144. The number of halogens is 1. The second-order valence-electron chi connectivity index (χ2n) is 4.28. The van der Waals surface area contributed by atoms with Crippen LogP contribution >= 0.6 is 15.9 Å². The first kappa shape index (κ1) is 13.8. The van der Waals surface area contributed by atoms with Crippen LogP contribution < -0.4 is 0 Å². The Morgan fingerprint density at radius 1 is 1.05 bits per heavy atom. The van der Waals surface area contributed by atoms with Crippen LogP contribution in [0.25, 0.3) is 0 Å². The van der Waals surface area contributed by atoms with Crippen molar-refractivity contribution in [2.45, 2.75) is 18.4 Å². The molecule has 0 aliphatic rings. The maximum Gasteiger partial charge on any atom is 0.303 e. The summed E-state index contributed by atoms with van der Waals surface area (Å²) in [5.74, 6) is -0.279. The zero-order valence-corrected chi connectivity index (χ0v) is 12.3. The molecular formula is C16H15BrO2. The highest BCUT2D eigenvalue weighted by Crippen LogP contribution is 2.26. The molecule has 0 bridgehead atoms. The minimum absolute atomic E-state index is 0.279. The Morgan fingerprint density at radius 2 is 1.63 bits per heavy atom.